The number of oxime groups is 1. The molecule has 0 unspecified atom stereocenters. The summed E-state index contributed by atoms with van der Waals surface area (Å²) < 4.78 is 10.3. The summed E-state index contributed by atoms with van der Waals surface area (Å²) in [6.07, 6.45) is 0. The highest BCUT2D eigenvalue weighted by Gasteiger charge is 1.99. The van der Waals surface area contributed by atoms with E-state index in [1.165, 1.54) is 0 Å². The van der Waals surface area contributed by atoms with E-state index in [-0.39, 0.29) is 12.6 Å². The minimum Gasteiger partial charge on any atom is -0.468 e. The first-order valence-corrected chi connectivity index (χ1v) is 4.56. The standard InChI is InChI=1S/C10H14N2O3/c1-2-14-7-15-9-5-3-8(4-6-9)10(11)12-13/h3-6,13H,2,7H2,1H3,(H2,11,12). The number of ether oxygens (including phenoxy) is 2. The summed E-state index contributed by atoms with van der Waals surface area (Å²) in [5.41, 5.74) is 6.04. The Balaban J connectivity index is 2.56. The van der Waals surface area contributed by atoms with Crippen molar-refractivity contribution in [2.24, 2.45) is 10.9 Å². The van der Waals surface area contributed by atoms with Gasteiger partial charge in [-0.1, -0.05) is 5.16 Å². The fraction of sp³-hybridized carbons (Fsp3) is 0.300. The van der Waals surface area contributed by atoms with Gasteiger partial charge >= 0.3 is 0 Å². The minimum atomic E-state index is 0.0753. The van der Waals surface area contributed by atoms with Gasteiger partial charge in [-0.2, -0.15) is 0 Å². The normalized spacial score (nSPS) is 11.4. The lowest BCUT2D eigenvalue weighted by Gasteiger charge is -2.06. The molecule has 15 heavy (non-hydrogen) atoms. The van der Waals surface area contributed by atoms with Gasteiger partial charge in [0.1, 0.15) is 5.75 Å². The van der Waals surface area contributed by atoms with Crippen LogP contribution < -0.4 is 10.5 Å². The lowest BCUT2D eigenvalue weighted by atomic mass is 10.2. The van der Waals surface area contributed by atoms with Gasteiger partial charge in [0.25, 0.3) is 0 Å². The smallest absolute Gasteiger partial charge is 0.189 e. The summed E-state index contributed by atoms with van der Waals surface area (Å²) in [5.74, 6) is 0.754. The third kappa shape index (κ3) is 3.47. The van der Waals surface area contributed by atoms with Crippen molar-refractivity contribution < 1.29 is 14.7 Å². The van der Waals surface area contributed by atoms with Gasteiger partial charge < -0.3 is 20.4 Å². The van der Waals surface area contributed by atoms with E-state index in [0.29, 0.717) is 17.9 Å². The molecule has 0 spiro atoms. The third-order valence-electron chi connectivity index (χ3n) is 1.77. The molecule has 0 bridgehead atoms. The zero-order valence-electron chi connectivity index (χ0n) is 8.51. The highest BCUT2D eigenvalue weighted by atomic mass is 16.7. The second-order valence-corrected chi connectivity index (χ2v) is 2.76. The monoisotopic (exact) mass is 210 g/mol. The molecule has 5 heteroatoms. The Hall–Kier alpha value is -1.75. The SMILES string of the molecule is CCOCOc1ccc(C(N)=NO)cc1. The van der Waals surface area contributed by atoms with Crippen LogP contribution in [-0.4, -0.2) is 24.4 Å². The summed E-state index contributed by atoms with van der Waals surface area (Å²) in [4.78, 5) is 0. The quantitative estimate of drug-likeness (QED) is 0.191. The maximum Gasteiger partial charge on any atom is 0.189 e. The number of nitrogens with two attached hydrogens (primary N) is 1. The van der Waals surface area contributed by atoms with Gasteiger partial charge in [0.05, 0.1) is 0 Å². The first kappa shape index (κ1) is 11.3. The van der Waals surface area contributed by atoms with Crippen LogP contribution in [0.25, 0.3) is 0 Å². The topological polar surface area (TPSA) is 77.1 Å². The Bertz CT molecular complexity index is 322. The maximum absolute atomic E-state index is 8.44. The van der Waals surface area contributed by atoms with Crippen LogP contribution in [0.5, 0.6) is 5.75 Å². The fourth-order valence-electron chi connectivity index (χ4n) is 0.973. The Kier molecular flexibility index (Phi) is 4.43. The predicted octanol–water partition coefficient (Wildman–Crippen LogP) is 1.15. The molecule has 0 aliphatic carbocycles. The van der Waals surface area contributed by atoms with Gasteiger partial charge in [-0.05, 0) is 31.2 Å². The summed E-state index contributed by atoms with van der Waals surface area (Å²) in [7, 11) is 0. The summed E-state index contributed by atoms with van der Waals surface area (Å²) >= 11 is 0. The molecule has 0 fully saturated rings. The molecule has 0 aliphatic heterocycles. The Labute approximate surface area is 88.1 Å². The molecule has 0 saturated heterocycles. The molecule has 82 valence electrons. The summed E-state index contributed by atoms with van der Waals surface area (Å²) in [6.45, 7) is 2.73. The molecular weight excluding hydrogens is 196 g/mol. The van der Waals surface area contributed by atoms with Crippen LogP contribution >= 0.6 is 0 Å². The lowest BCUT2D eigenvalue weighted by Crippen LogP contribution is -2.12. The molecule has 1 aromatic rings. The second kappa shape index (κ2) is 5.87. The zero-order chi connectivity index (χ0) is 11.1. The predicted molar refractivity (Wildman–Crippen MR) is 56.1 cm³/mol. The molecule has 0 amide bonds. The highest BCUT2D eigenvalue weighted by Crippen LogP contribution is 2.11. The molecule has 0 aromatic heterocycles. The van der Waals surface area contributed by atoms with E-state index in [0.717, 1.165) is 0 Å². The van der Waals surface area contributed by atoms with E-state index < -0.39 is 0 Å². The largest absolute Gasteiger partial charge is 0.468 e. The summed E-state index contributed by atoms with van der Waals surface area (Å²) in [5, 5.41) is 11.3. The van der Waals surface area contributed by atoms with Crippen LogP contribution in [0.4, 0.5) is 0 Å². The van der Waals surface area contributed by atoms with Crippen LogP contribution in [0.1, 0.15) is 12.5 Å². The van der Waals surface area contributed by atoms with Gasteiger partial charge in [-0.25, -0.2) is 0 Å². The molecule has 1 aromatic carbocycles. The zero-order valence-corrected chi connectivity index (χ0v) is 8.51. The molecule has 0 radical (unpaired) electrons. The lowest BCUT2D eigenvalue weighted by molar-refractivity contribution is 0.0224. The number of amidine groups is 1. The maximum atomic E-state index is 8.44. The molecule has 3 N–H and O–H groups in total. The van der Waals surface area contributed by atoms with Gasteiger partial charge in [0.2, 0.25) is 0 Å². The Morgan fingerprint density at radius 2 is 2.07 bits per heavy atom. The Morgan fingerprint density at radius 1 is 1.40 bits per heavy atom. The highest BCUT2D eigenvalue weighted by molar-refractivity contribution is 5.97. The van der Waals surface area contributed by atoms with Crippen LogP contribution in [0, 0.1) is 0 Å². The van der Waals surface area contributed by atoms with Crippen molar-refractivity contribution in [2.45, 2.75) is 6.92 Å². The minimum absolute atomic E-state index is 0.0753. The van der Waals surface area contributed by atoms with Crippen molar-refractivity contribution in [3.8, 4) is 5.75 Å². The van der Waals surface area contributed by atoms with Crippen molar-refractivity contribution in [1.82, 2.24) is 0 Å². The first-order valence-electron chi connectivity index (χ1n) is 4.56. The number of rotatable bonds is 5. The number of nitrogens with zero attached hydrogens (tertiary/aromatic N) is 1. The van der Waals surface area contributed by atoms with E-state index in [2.05, 4.69) is 5.16 Å². The van der Waals surface area contributed by atoms with Crippen molar-refractivity contribution in [3.05, 3.63) is 29.8 Å². The average molecular weight is 210 g/mol. The first-order chi connectivity index (χ1) is 7.27. The van der Waals surface area contributed by atoms with Gasteiger partial charge in [0.15, 0.2) is 12.6 Å². The van der Waals surface area contributed by atoms with Crippen molar-refractivity contribution >= 4 is 5.84 Å². The molecule has 1 rings (SSSR count). The number of hydrogen-bond donors (Lipinski definition) is 2. The van der Waals surface area contributed by atoms with E-state index >= 15 is 0 Å². The molecular formula is C10H14N2O3. The second-order valence-electron chi connectivity index (χ2n) is 2.76. The molecule has 0 aliphatic rings. The van der Waals surface area contributed by atoms with Crippen LogP contribution in [0.3, 0.4) is 0 Å². The number of benzene rings is 1. The van der Waals surface area contributed by atoms with E-state index in [4.69, 9.17) is 20.4 Å². The van der Waals surface area contributed by atoms with Gasteiger partial charge in [-0.15, -0.1) is 0 Å². The van der Waals surface area contributed by atoms with Gasteiger partial charge in [0, 0.05) is 12.2 Å². The molecule has 5 nitrogen and oxygen atoms in total. The van der Waals surface area contributed by atoms with Gasteiger partial charge in [-0.3, -0.25) is 0 Å². The molecule has 0 saturated carbocycles. The fourth-order valence-corrected chi connectivity index (χ4v) is 0.973. The van der Waals surface area contributed by atoms with Crippen molar-refractivity contribution in [3.63, 3.8) is 0 Å². The third-order valence-corrected chi connectivity index (χ3v) is 1.77. The molecule has 0 atom stereocenters. The van der Waals surface area contributed by atoms with Crippen LogP contribution in [0.15, 0.2) is 29.4 Å². The van der Waals surface area contributed by atoms with Crippen LogP contribution in [0.2, 0.25) is 0 Å². The van der Waals surface area contributed by atoms with Crippen LogP contribution in [-0.2, 0) is 4.74 Å². The van der Waals surface area contributed by atoms with E-state index in [1.54, 1.807) is 24.3 Å². The van der Waals surface area contributed by atoms with Crippen molar-refractivity contribution in [1.29, 1.82) is 0 Å². The van der Waals surface area contributed by atoms with E-state index in [9.17, 15) is 0 Å². The Morgan fingerprint density at radius 3 is 2.60 bits per heavy atom. The molecule has 0 heterocycles. The number of hydrogen-bond acceptors (Lipinski definition) is 4. The summed E-state index contributed by atoms with van der Waals surface area (Å²) in [6, 6.07) is 6.87. The van der Waals surface area contributed by atoms with Crippen molar-refractivity contribution in [2.75, 3.05) is 13.4 Å². The average Bonchev–Trinajstić information content (AvgIpc) is 2.29. The van der Waals surface area contributed by atoms with E-state index in [1.807, 2.05) is 6.92 Å².